The molecule has 9 heteroatoms. The molecule has 1 aromatic carbocycles. The first-order valence-corrected chi connectivity index (χ1v) is 10.2. The number of nitrogens with zero attached hydrogens (tertiary/aromatic N) is 2. The van der Waals surface area contributed by atoms with Gasteiger partial charge in [-0.3, -0.25) is 4.99 Å². The molecule has 2 N–H and O–H groups in total. The average Bonchev–Trinajstić information content (AvgIpc) is 2.68. The van der Waals surface area contributed by atoms with E-state index in [2.05, 4.69) is 41.3 Å². The van der Waals surface area contributed by atoms with Gasteiger partial charge in [0.2, 0.25) is 0 Å². The maximum Gasteiger partial charge on any atom is 0.411 e. The van der Waals surface area contributed by atoms with Gasteiger partial charge in [0.15, 0.2) is 5.96 Å². The molecule has 0 radical (unpaired) electrons. The number of nitrogens with one attached hydrogen (secondary N) is 2. The molecule has 0 aromatic heterocycles. The summed E-state index contributed by atoms with van der Waals surface area (Å²) in [4.78, 5) is 6.66. The summed E-state index contributed by atoms with van der Waals surface area (Å²) < 4.78 is 41.3. The molecule has 174 valence electrons. The van der Waals surface area contributed by atoms with Gasteiger partial charge in [-0.25, -0.2) is 0 Å². The lowest BCUT2D eigenvalue weighted by atomic mass is 10.1. The number of alkyl halides is 3. The molecule has 0 fully saturated rings. The van der Waals surface area contributed by atoms with Crippen LogP contribution in [0.5, 0.6) is 0 Å². The van der Waals surface area contributed by atoms with E-state index in [1.807, 2.05) is 18.2 Å². The van der Waals surface area contributed by atoms with Crippen molar-refractivity contribution in [2.45, 2.75) is 59.0 Å². The van der Waals surface area contributed by atoms with E-state index >= 15 is 0 Å². The lowest BCUT2D eigenvalue weighted by molar-refractivity contribution is -0.176. The first-order chi connectivity index (χ1) is 13.8. The minimum Gasteiger partial charge on any atom is -0.367 e. The highest BCUT2D eigenvalue weighted by Crippen LogP contribution is 2.16. The van der Waals surface area contributed by atoms with Crippen LogP contribution >= 0.6 is 24.0 Å². The predicted molar refractivity (Wildman–Crippen MR) is 127 cm³/mol. The summed E-state index contributed by atoms with van der Waals surface area (Å²) in [7, 11) is 1.72. The second-order valence-electron chi connectivity index (χ2n) is 7.07. The van der Waals surface area contributed by atoms with Crippen molar-refractivity contribution in [1.82, 2.24) is 15.5 Å². The number of hydrogen-bond acceptors (Lipinski definition) is 3. The zero-order valence-electron chi connectivity index (χ0n) is 18.4. The standard InChI is InChI=1S/C21H35F3N4O.HI/c1-5-28(6-2)12-8-9-17(3)27-20(25-4)26-14-18-10-7-11-19(13-18)15-29-16-21(22,23)24;/h7,10-11,13,17H,5-6,8-9,12,14-16H2,1-4H3,(H2,25,26,27);1H. The van der Waals surface area contributed by atoms with E-state index in [1.165, 1.54) is 0 Å². The molecule has 0 aliphatic carbocycles. The van der Waals surface area contributed by atoms with Crippen LogP contribution in [0.15, 0.2) is 29.3 Å². The number of benzene rings is 1. The van der Waals surface area contributed by atoms with Crippen LogP contribution in [0.25, 0.3) is 0 Å². The lowest BCUT2D eigenvalue weighted by Crippen LogP contribution is -2.42. The molecule has 0 amide bonds. The van der Waals surface area contributed by atoms with Crippen molar-refractivity contribution in [3.05, 3.63) is 35.4 Å². The quantitative estimate of drug-likeness (QED) is 0.230. The Morgan fingerprint density at radius 1 is 1.20 bits per heavy atom. The maximum atomic E-state index is 12.2. The van der Waals surface area contributed by atoms with Crippen molar-refractivity contribution in [1.29, 1.82) is 0 Å². The molecule has 1 unspecified atom stereocenters. The fourth-order valence-corrected chi connectivity index (χ4v) is 2.96. The Morgan fingerprint density at radius 2 is 1.87 bits per heavy atom. The molecule has 0 aliphatic heterocycles. The molecule has 1 atom stereocenters. The highest BCUT2D eigenvalue weighted by atomic mass is 127. The van der Waals surface area contributed by atoms with Crippen LogP contribution in [0, 0.1) is 0 Å². The summed E-state index contributed by atoms with van der Waals surface area (Å²) in [5.74, 6) is 0.707. The number of ether oxygens (including phenoxy) is 1. The van der Waals surface area contributed by atoms with Crippen LogP contribution in [0.2, 0.25) is 0 Å². The molecular formula is C21H36F3IN4O. The zero-order valence-corrected chi connectivity index (χ0v) is 20.7. The molecule has 0 spiro atoms. The molecular weight excluding hydrogens is 508 g/mol. The van der Waals surface area contributed by atoms with Crippen LogP contribution in [-0.2, 0) is 17.9 Å². The van der Waals surface area contributed by atoms with Crippen LogP contribution in [0.3, 0.4) is 0 Å². The lowest BCUT2D eigenvalue weighted by Gasteiger charge is -2.21. The second-order valence-corrected chi connectivity index (χ2v) is 7.07. The van der Waals surface area contributed by atoms with E-state index in [9.17, 15) is 13.2 Å². The average molecular weight is 544 g/mol. The Bertz CT molecular complexity index is 610. The van der Waals surface area contributed by atoms with Crippen LogP contribution < -0.4 is 10.6 Å². The third-order valence-electron chi connectivity index (χ3n) is 4.60. The minimum atomic E-state index is -4.31. The second kappa shape index (κ2) is 15.7. The summed E-state index contributed by atoms with van der Waals surface area (Å²) in [6.45, 7) is 8.94. The summed E-state index contributed by atoms with van der Waals surface area (Å²) >= 11 is 0. The highest BCUT2D eigenvalue weighted by molar-refractivity contribution is 14.0. The first-order valence-electron chi connectivity index (χ1n) is 10.2. The summed E-state index contributed by atoms with van der Waals surface area (Å²) in [6.07, 6.45) is -2.14. The third kappa shape index (κ3) is 13.3. The van der Waals surface area contributed by atoms with E-state index < -0.39 is 12.8 Å². The van der Waals surface area contributed by atoms with Gasteiger partial charge >= 0.3 is 6.18 Å². The van der Waals surface area contributed by atoms with Crippen LogP contribution in [0.4, 0.5) is 13.2 Å². The predicted octanol–water partition coefficient (Wildman–Crippen LogP) is 4.56. The molecule has 0 saturated heterocycles. The molecule has 5 nitrogen and oxygen atoms in total. The van der Waals surface area contributed by atoms with Gasteiger partial charge in [-0.15, -0.1) is 24.0 Å². The smallest absolute Gasteiger partial charge is 0.367 e. The van der Waals surface area contributed by atoms with Gasteiger partial charge in [0, 0.05) is 19.6 Å². The molecule has 0 bridgehead atoms. The summed E-state index contributed by atoms with van der Waals surface area (Å²) in [5.41, 5.74) is 1.66. The SMILES string of the molecule is CCN(CC)CCCC(C)NC(=NC)NCc1cccc(COCC(F)(F)F)c1.I. The Balaban J connectivity index is 0.00000841. The fourth-order valence-electron chi connectivity index (χ4n) is 2.96. The van der Waals surface area contributed by atoms with Crippen LogP contribution in [-0.4, -0.2) is 56.4 Å². The number of guanidine groups is 1. The Labute approximate surface area is 195 Å². The molecule has 0 heterocycles. The Kier molecular flexibility index (Phi) is 15.1. The summed E-state index contributed by atoms with van der Waals surface area (Å²) in [6, 6.07) is 7.62. The molecule has 30 heavy (non-hydrogen) atoms. The number of aliphatic imine (C=N–C) groups is 1. The zero-order chi connectivity index (χ0) is 21.7. The monoisotopic (exact) mass is 544 g/mol. The van der Waals surface area contributed by atoms with E-state index in [0.29, 0.717) is 24.1 Å². The largest absolute Gasteiger partial charge is 0.411 e. The third-order valence-corrected chi connectivity index (χ3v) is 4.60. The number of rotatable bonds is 12. The van der Waals surface area contributed by atoms with E-state index in [-0.39, 0.29) is 30.6 Å². The van der Waals surface area contributed by atoms with Gasteiger partial charge in [-0.05, 0) is 50.5 Å². The first kappa shape index (κ1) is 28.9. The minimum absolute atomic E-state index is 0. The molecule has 1 aromatic rings. The van der Waals surface area contributed by atoms with Crippen molar-refractivity contribution >= 4 is 29.9 Å². The highest BCUT2D eigenvalue weighted by Gasteiger charge is 2.27. The normalized spacial score (nSPS) is 13.1. The molecule has 1 rings (SSSR count). The number of hydrogen-bond donors (Lipinski definition) is 2. The van der Waals surface area contributed by atoms with Gasteiger partial charge in [0.25, 0.3) is 0 Å². The molecule has 0 saturated carbocycles. The Hall–Kier alpha value is -1.07. The van der Waals surface area contributed by atoms with Crippen LogP contribution in [0.1, 0.15) is 44.7 Å². The van der Waals surface area contributed by atoms with Crippen molar-refractivity contribution in [3.63, 3.8) is 0 Å². The Morgan fingerprint density at radius 3 is 2.47 bits per heavy atom. The van der Waals surface area contributed by atoms with Crippen molar-refractivity contribution < 1.29 is 17.9 Å². The van der Waals surface area contributed by atoms with E-state index in [1.54, 1.807) is 13.1 Å². The summed E-state index contributed by atoms with van der Waals surface area (Å²) in [5, 5.41) is 6.64. The van der Waals surface area contributed by atoms with Gasteiger partial charge in [-0.2, -0.15) is 13.2 Å². The number of halogens is 4. The topological polar surface area (TPSA) is 48.9 Å². The van der Waals surface area contributed by atoms with E-state index in [0.717, 1.165) is 38.0 Å². The van der Waals surface area contributed by atoms with Crippen molar-refractivity contribution in [2.24, 2.45) is 4.99 Å². The molecule has 0 aliphatic rings. The van der Waals surface area contributed by atoms with Gasteiger partial charge < -0.3 is 20.3 Å². The maximum absolute atomic E-state index is 12.2. The van der Waals surface area contributed by atoms with Gasteiger partial charge in [-0.1, -0.05) is 38.1 Å². The van der Waals surface area contributed by atoms with Crippen molar-refractivity contribution in [3.8, 4) is 0 Å². The van der Waals surface area contributed by atoms with Crippen molar-refractivity contribution in [2.75, 3.05) is 33.3 Å². The fraction of sp³-hybridized carbons (Fsp3) is 0.667. The van der Waals surface area contributed by atoms with Gasteiger partial charge in [0.1, 0.15) is 6.61 Å². The van der Waals surface area contributed by atoms with E-state index in [4.69, 9.17) is 4.74 Å². The van der Waals surface area contributed by atoms with Gasteiger partial charge in [0.05, 0.1) is 6.61 Å².